The highest BCUT2D eigenvalue weighted by Gasteiger charge is 2.11. The fraction of sp³-hybridized carbons (Fsp3) is 0.125. The lowest BCUT2D eigenvalue weighted by atomic mass is 10.1. The van der Waals surface area contributed by atoms with Crippen LogP contribution in [0.2, 0.25) is 5.02 Å². The van der Waals surface area contributed by atoms with Crippen LogP contribution in [0, 0.1) is 13.8 Å². The first kappa shape index (κ1) is 14.3. The number of rotatable bonds is 3. The van der Waals surface area contributed by atoms with E-state index in [2.05, 4.69) is 4.98 Å². The Morgan fingerprint density at radius 2 is 1.95 bits per heavy atom. The van der Waals surface area contributed by atoms with Gasteiger partial charge in [0.05, 0.1) is 5.56 Å². The van der Waals surface area contributed by atoms with Gasteiger partial charge in [-0.3, -0.25) is 9.59 Å². The summed E-state index contributed by atoms with van der Waals surface area (Å²) >= 11 is 6.01. The van der Waals surface area contributed by atoms with Crippen LogP contribution in [0.25, 0.3) is 6.08 Å². The second kappa shape index (κ2) is 5.88. The number of aryl methyl sites for hydroxylation is 2. The summed E-state index contributed by atoms with van der Waals surface area (Å²) in [5, 5.41) is 0.561. The standard InChI is InChI=1S/C16H14ClNO2/c1-10-9-11(2)18-16(20)15(10)14(19)8-7-12-5-3-4-6-13(12)17/h3-9H,1-2H3,(H,18,20)/b8-7+. The molecule has 0 amide bonds. The van der Waals surface area contributed by atoms with Crippen LogP contribution in [-0.2, 0) is 0 Å². The molecule has 20 heavy (non-hydrogen) atoms. The topological polar surface area (TPSA) is 49.9 Å². The molecule has 0 bridgehead atoms. The molecule has 1 heterocycles. The zero-order valence-electron chi connectivity index (χ0n) is 11.2. The fourth-order valence-corrected chi connectivity index (χ4v) is 2.22. The number of carbonyl (C=O) groups is 1. The number of hydrogen-bond acceptors (Lipinski definition) is 2. The second-order valence-electron chi connectivity index (χ2n) is 4.56. The maximum atomic E-state index is 12.1. The smallest absolute Gasteiger partial charge is 0.259 e. The fourth-order valence-electron chi connectivity index (χ4n) is 2.02. The van der Waals surface area contributed by atoms with Crippen LogP contribution in [0.3, 0.4) is 0 Å². The van der Waals surface area contributed by atoms with Gasteiger partial charge in [-0.1, -0.05) is 29.8 Å². The van der Waals surface area contributed by atoms with Crippen LogP contribution in [-0.4, -0.2) is 10.8 Å². The molecular weight excluding hydrogens is 274 g/mol. The molecule has 2 rings (SSSR count). The quantitative estimate of drug-likeness (QED) is 0.693. The summed E-state index contributed by atoms with van der Waals surface area (Å²) in [6.45, 7) is 3.53. The van der Waals surface area contributed by atoms with Crippen LogP contribution in [0.4, 0.5) is 0 Å². The van der Waals surface area contributed by atoms with Gasteiger partial charge in [-0.25, -0.2) is 0 Å². The van der Waals surface area contributed by atoms with Gasteiger partial charge >= 0.3 is 0 Å². The highest BCUT2D eigenvalue weighted by atomic mass is 35.5. The average molecular weight is 288 g/mol. The Balaban J connectivity index is 2.35. The van der Waals surface area contributed by atoms with Gasteiger partial charge in [0.25, 0.3) is 5.56 Å². The minimum Gasteiger partial charge on any atom is -0.326 e. The van der Waals surface area contributed by atoms with E-state index in [1.54, 1.807) is 38.1 Å². The lowest BCUT2D eigenvalue weighted by Gasteiger charge is -2.02. The van der Waals surface area contributed by atoms with Crippen LogP contribution < -0.4 is 5.56 Å². The number of ketones is 1. The van der Waals surface area contributed by atoms with E-state index in [0.29, 0.717) is 10.6 Å². The third-order valence-electron chi connectivity index (χ3n) is 2.93. The van der Waals surface area contributed by atoms with Crippen molar-refractivity contribution in [1.82, 2.24) is 4.98 Å². The Morgan fingerprint density at radius 3 is 2.60 bits per heavy atom. The Hall–Kier alpha value is -2.13. The van der Waals surface area contributed by atoms with Gasteiger partial charge in [0, 0.05) is 10.7 Å². The number of halogens is 1. The monoisotopic (exact) mass is 287 g/mol. The predicted octanol–water partition coefficient (Wildman–Crippen LogP) is 3.54. The van der Waals surface area contributed by atoms with Crippen molar-refractivity contribution in [3.8, 4) is 0 Å². The SMILES string of the molecule is Cc1cc(C)c(C(=O)/C=C/c2ccccc2Cl)c(=O)[nH]1. The number of hydrogen-bond donors (Lipinski definition) is 1. The van der Waals surface area contributed by atoms with E-state index in [1.807, 2.05) is 12.1 Å². The molecule has 0 spiro atoms. The van der Waals surface area contributed by atoms with E-state index in [1.165, 1.54) is 6.08 Å². The van der Waals surface area contributed by atoms with E-state index in [4.69, 9.17) is 11.6 Å². The van der Waals surface area contributed by atoms with Crippen molar-refractivity contribution in [1.29, 1.82) is 0 Å². The molecule has 0 saturated heterocycles. The first-order chi connectivity index (χ1) is 9.49. The lowest BCUT2D eigenvalue weighted by molar-refractivity contribution is 0.104. The molecular formula is C16H14ClNO2. The van der Waals surface area contributed by atoms with Crippen molar-refractivity contribution in [2.24, 2.45) is 0 Å². The Labute approximate surface area is 121 Å². The van der Waals surface area contributed by atoms with Crippen molar-refractivity contribution in [3.63, 3.8) is 0 Å². The first-order valence-electron chi connectivity index (χ1n) is 6.16. The van der Waals surface area contributed by atoms with Gasteiger partial charge in [0.2, 0.25) is 0 Å². The molecule has 0 fully saturated rings. The molecule has 4 heteroatoms. The summed E-state index contributed by atoms with van der Waals surface area (Å²) in [6.07, 6.45) is 2.98. The summed E-state index contributed by atoms with van der Waals surface area (Å²) in [7, 11) is 0. The van der Waals surface area contributed by atoms with E-state index in [0.717, 1.165) is 11.3 Å². The van der Waals surface area contributed by atoms with Gasteiger partial charge in [0.15, 0.2) is 5.78 Å². The predicted molar refractivity (Wildman–Crippen MR) is 81.4 cm³/mol. The molecule has 1 aromatic carbocycles. The minimum absolute atomic E-state index is 0.166. The number of allylic oxidation sites excluding steroid dienone is 1. The normalized spacial score (nSPS) is 10.9. The van der Waals surface area contributed by atoms with Gasteiger partial charge in [0.1, 0.15) is 0 Å². The van der Waals surface area contributed by atoms with Gasteiger partial charge in [-0.2, -0.15) is 0 Å². The lowest BCUT2D eigenvalue weighted by Crippen LogP contribution is -2.19. The zero-order valence-corrected chi connectivity index (χ0v) is 12.0. The molecule has 0 atom stereocenters. The molecule has 102 valence electrons. The van der Waals surface area contributed by atoms with Gasteiger partial charge in [-0.05, 0) is 49.3 Å². The number of benzene rings is 1. The molecule has 0 aliphatic rings. The van der Waals surface area contributed by atoms with Crippen LogP contribution in [0.5, 0.6) is 0 Å². The highest BCUT2D eigenvalue weighted by molar-refractivity contribution is 6.32. The van der Waals surface area contributed by atoms with E-state index < -0.39 is 0 Å². The molecule has 1 aromatic heterocycles. The summed E-state index contributed by atoms with van der Waals surface area (Å²) in [6, 6.07) is 8.97. The number of aromatic nitrogens is 1. The molecule has 2 aromatic rings. The van der Waals surface area contributed by atoms with Crippen LogP contribution in [0.1, 0.15) is 27.2 Å². The average Bonchev–Trinajstić information content (AvgIpc) is 2.36. The number of aromatic amines is 1. The Bertz CT molecular complexity index is 744. The molecule has 0 saturated carbocycles. The third-order valence-corrected chi connectivity index (χ3v) is 3.28. The second-order valence-corrected chi connectivity index (χ2v) is 4.97. The van der Waals surface area contributed by atoms with Crippen molar-refractivity contribution in [2.45, 2.75) is 13.8 Å². The molecule has 0 aliphatic heterocycles. The van der Waals surface area contributed by atoms with Crippen LogP contribution >= 0.6 is 11.6 Å². The Morgan fingerprint density at radius 1 is 1.25 bits per heavy atom. The van der Waals surface area contributed by atoms with Crippen LogP contribution in [0.15, 0.2) is 41.2 Å². The van der Waals surface area contributed by atoms with Crippen molar-refractivity contribution < 1.29 is 4.79 Å². The van der Waals surface area contributed by atoms with Crippen molar-refractivity contribution in [3.05, 3.63) is 74.2 Å². The molecule has 0 aliphatic carbocycles. The van der Waals surface area contributed by atoms with E-state index >= 15 is 0 Å². The largest absolute Gasteiger partial charge is 0.326 e. The Kier molecular flexibility index (Phi) is 4.20. The van der Waals surface area contributed by atoms with Gasteiger partial charge < -0.3 is 4.98 Å². The van der Waals surface area contributed by atoms with Gasteiger partial charge in [-0.15, -0.1) is 0 Å². The van der Waals surface area contributed by atoms with E-state index in [9.17, 15) is 9.59 Å². The van der Waals surface area contributed by atoms with Crippen molar-refractivity contribution >= 4 is 23.5 Å². The summed E-state index contributed by atoms with van der Waals surface area (Å²) in [4.78, 5) is 26.6. The van der Waals surface area contributed by atoms with E-state index in [-0.39, 0.29) is 16.9 Å². The summed E-state index contributed by atoms with van der Waals surface area (Å²) < 4.78 is 0. The molecule has 1 N–H and O–H groups in total. The minimum atomic E-state index is -0.365. The summed E-state index contributed by atoms with van der Waals surface area (Å²) in [5.74, 6) is -0.330. The van der Waals surface area contributed by atoms with Crippen molar-refractivity contribution in [2.75, 3.05) is 0 Å². The molecule has 0 unspecified atom stereocenters. The number of H-pyrrole nitrogens is 1. The maximum absolute atomic E-state index is 12.1. The number of nitrogens with one attached hydrogen (secondary N) is 1. The summed E-state index contributed by atoms with van der Waals surface area (Å²) in [5.41, 5.74) is 1.94. The number of carbonyl (C=O) groups excluding carboxylic acids is 1. The zero-order chi connectivity index (χ0) is 14.7. The molecule has 3 nitrogen and oxygen atoms in total. The highest BCUT2D eigenvalue weighted by Crippen LogP contribution is 2.16. The molecule has 0 radical (unpaired) electrons. The third kappa shape index (κ3) is 3.06. The first-order valence-corrected chi connectivity index (χ1v) is 6.54. The number of pyridine rings is 1. The maximum Gasteiger partial charge on any atom is 0.259 e.